The van der Waals surface area contributed by atoms with Gasteiger partial charge in [-0.3, -0.25) is 4.79 Å². The van der Waals surface area contributed by atoms with Gasteiger partial charge in [0, 0.05) is 18.1 Å². The molecule has 4 rings (SSSR count). The number of rotatable bonds is 2. The van der Waals surface area contributed by atoms with Crippen LogP contribution < -0.4 is 5.32 Å². The quantitative estimate of drug-likeness (QED) is 0.617. The van der Waals surface area contributed by atoms with Gasteiger partial charge in [-0.2, -0.15) is 5.10 Å². The van der Waals surface area contributed by atoms with Crippen molar-refractivity contribution in [3.8, 4) is 0 Å². The predicted octanol–water partition coefficient (Wildman–Crippen LogP) is 3.20. The zero-order valence-corrected chi connectivity index (χ0v) is 11.7. The van der Waals surface area contributed by atoms with Crippen LogP contribution in [0, 0.1) is 0 Å². The number of carbonyl (C=O) groups excluding carboxylic acids is 1. The lowest BCUT2D eigenvalue weighted by molar-refractivity contribution is 0.102. The Hall–Kier alpha value is -2.73. The Morgan fingerprint density at radius 2 is 2.10 bits per heavy atom. The van der Waals surface area contributed by atoms with Gasteiger partial charge in [0.05, 0.1) is 15.7 Å². The molecule has 1 N–H and O–H groups in total. The highest BCUT2D eigenvalue weighted by atomic mass is 32.1. The third-order valence-corrected chi connectivity index (χ3v) is 4.18. The van der Waals surface area contributed by atoms with Gasteiger partial charge >= 0.3 is 0 Å². The maximum atomic E-state index is 12.3. The largest absolute Gasteiger partial charge is 0.320 e. The van der Waals surface area contributed by atoms with E-state index in [2.05, 4.69) is 15.4 Å². The molecule has 1 aromatic carbocycles. The maximum Gasteiger partial charge on any atom is 0.284 e. The summed E-state index contributed by atoms with van der Waals surface area (Å²) in [6.07, 6.45) is 3.53. The van der Waals surface area contributed by atoms with Crippen LogP contribution in [-0.4, -0.2) is 20.5 Å². The van der Waals surface area contributed by atoms with Gasteiger partial charge in [0.1, 0.15) is 0 Å². The van der Waals surface area contributed by atoms with Gasteiger partial charge in [0.2, 0.25) is 0 Å². The fraction of sp³-hybridized carbons (Fsp3) is 0. The summed E-state index contributed by atoms with van der Waals surface area (Å²) in [6.45, 7) is 0. The third-order valence-electron chi connectivity index (χ3n) is 3.15. The minimum absolute atomic E-state index is 0.194. The Morgan fingerprint density at radius 1 is 1.19 bits per heavy atom. The Labute approximate surface area is 123 Å². The molecule has 21 heavy (non-hydrogen) atoms. The van der Waals surface area contributed by atoms with E-state index in [0.717, 1.165) is 21.4 Å². The minimum Gasteiger partial charge on any atom is -0.320 e. The number of pyridine rings is 1. The first-order chi connectivity index (χ1) is 10.3. The van der Waals surface area contributed by atoms with Gasteiger partial charge < -0.3 is 5.32 Å². The Bertz CT molecular complexity index is 923. The first-order valence-corrected chi connectivity index (χ1v) is 7.21. The monoisotopic (exact) mass is 294 g/mol. The molecule has 0 saturated carbocycles. The number of thiazole rings is 1. The average Bonchev–Trinajstić information content (AvgIpc) is 3.13. The fourth-order valence-electron chi connectivity index (χ4n) is 2.15. The standard InChI is InChI=1S/C15H10N4OS/c20-14(15-18-12-3-1-2-4-13(12)21-15)17-10-6-8-19-11(9-10)5-7-16-19/h1-9H,(H,17,20). The summed E-state index contributed by atoms with van der Waals surface area (Å²) in [4.78, 5) is 16.6. The molecule has 0 aliphatic heterocycles. The van der Waals surface area contributed by atoms with Crippen LogP contribution in [0.25, 0.3) is 15.7 Å². The van der Waals surface area contributed by atoms with Crippen molar-refractivity contribution in [3.05, 3.63) is 59.9 Å². The first-order valence-electron chi connectivity index (χ1n) is 6.40. The van der Waals surface area contributed by atoms with Crippen LogP contribution in [0.4, 0.5) is 5.69 Å². The van der Waals surface area contributed by atoms with Crippen molar-refractivity contribution in [1.29, 1.82) is 0 Å². The summed E-state index contributed by atoms with van der Waals surface area (Å²) in [5, 5.41) is 7.45. The van der Waals surface area contributed by atoms with E-state index in [1.54, 1.807) is 10.7 Å². The van der Waals surface area contributed by atoms with E-state index >= 15 is 0 Å². The van der Waals surface area contributed by atoms with Crippen LogP contribution >= 0.6 is 11.3 Å². The number of para-hydroxylation sites is 1. The molecular formula is C15H10N4OS. The fourth-order valence-corrected chi connectivity index (χ4v) is 3.01. The highest BCUT2D eigenvalue weighted by molar-refractivity contribution is 7.20. The van der Waals surface area contributed by atoms with Crippen molar-refractivity contribution in [1.82, 2.24) is 14.6 Å². The molecule has 0 fully saturated rings. The van der Waals surface area contributed by atoms with E-state index in [4.69, 9.17) is 0 Å². The Morgan fingerprint density at radius 3 is 3.00 bits per heavy atom. The molecule has 0 atom stereocenters. The zero-order valence-electron chi connectivity index (χ0n) is 10.9. The number of carbonyl (C=O) groups is 1. The van der Waals surface area contributed by atoms with Crippen LogP contribution in [0.3, 0.4) is 0 Å². The van der Waals surface area contributed by atoms with Crippen LogP contribution in [0.2, 0.25) is 0 Å². The number of hydrogen-bond acceptors (Lipinski definition) is 4. The van der Waals surface area contributed by atoms with E-state index in [1.165, 1.54) is 11.3 Å². The van der Waals surface area contributed by atoms with Crippen molar-refractivity contribution in [2.45, 2.75) is 0 Å². The molecule has 6 heteroatoms. The summed E-state index contributed by atoms with van der Waals surface area (Å²) >= 11 is 1.39. The normalized spacial score (nSPS) is 11.0. The molecule has 5 nitrogen and oxygen atoms in total. The molecule has 3 aromatic heterocycles. The van der Waals surface area contributed by atoms with Gasteiger partial charge in [-0.15, -0.1) is 11.3 Å². The SMILES string of the molecule is O=C(Nc1ccn2nccc2c1)c1nc2ccccc2s1. The Balaban J connectivity index is 1.64. The van der Waals surface area contributed by atoms with E-state index in [-0.39, 0.29) is 5.91 Å². The zero-order chi connectivity index (χ0) is 14.2. The molecule has 0 aliphatic rings. The van der Waals surface area contributed by atoms with Gasteiger partial charge in [-0.1, -0.05) is 12.1 Å². The average molecular weight is 294 g/mol. The minimum atomic E-state index is -0.194. The summed E-state index contributed by atoms with van der Waals surface area (Å²) in [6, 6.07) is 13.3. The lowest BCUT2D eigenvalue weighted by atomic mass is 10.3. The van der Waals surface area contributed by atoms with Crippen LogP contribution in [-0.2, 0) is 0 Å². The van der Waals surface area contributed by atoms with Crippen LogP contribution in [0.5, 0.6) is 0 Å². The highest BCUT2D eigenvalue weighted by Crippen LogP contribution is 2.22. The molecule has 0 saturated heterocycles. The topological polar surface area (TPSA) is 59.3 Å². The molecule has 0 aliphatic carbocycles. The summed E-state index contributed by atoms with van der Waals surface area (Å²) in [5.41, 5.74) is 2.50. The van der Waals surface area contributed by atoms with E-state index < -0.39 is 0 Å². The van der Waals surface area contributed by atoms with Crippen molar-refractivity contribution < 1.29 is 4.79 Å². The van der Waals surface area contributed by atoms with Gasteiger partial charge in [-0.05, 0) is 30.3 Å². The smallest absolute Gasteiger partial charge is 0.284 e. The predicted molar refractivity (Wildman–Crippen MR) is 82.8 cm³/mol. The molecule has 4 aromatic rings. The molecule has 102 valence electrons. The number of nitrogens with zero attached hydrogens (tertiary/aromatic N) is 3. The number of nitrogens with one attached hydrogen (secondary N) is 1. The molecule has 0 spiro atoms. The number of hydrogen-bond donors (Lipinski definition) is 1. The number of anilines is 1. The molecule has 0 bridgehead atoms. The van der Waals surface area contributed by atoms with Gasteiger partial charge in [-0.25, -0.2) is 9.50 Å². The van der Waals surface area contributed by atoms with Crippen LogP contribution in [0.15, 0.2) is 54.9 Å². The third kappa shape index (κ3) is 2.15. The van der Waals surface area contributed by atoms with Gasteiger partial charge in [0.15, 0.2) is 5.01 Å². The second kappa shape index (κ2) is 4.68. The van der Waals surface area contributed by atoms with E-state index in [0.29, 0.717) is 5.01 Å². The van der Waals surface area contributed by atoms with Gasteiger partial charge in [0.25, 0.3) is 5.91 Å². The molecule has 0 radical (unpaired) electrons. The van der Waals surface area contributed by atoms with Crippen LogP contribution in [0.1, 0.15) is 9.80 Å². The molecule has 3 heterocycles. The highest BCUT2D eigenvalue weighted by Gasteiger charge is 2.12. The summed E-state index contributed by atoms with van der Waals surface area (Å²) in [5.74, 6) is -0.194. The van der Waals surface area contributed by atoms with Crippen molar-refractivity contribution >= 4 is 38.7 Å². The molecule has 1 amide bonds. The van der Waals surface area contributed by atoms with Crippen molar-refractivity contribution in [2.75, 3.05) is 5.32 Å². The molecule has 0 unspecified atom stereocenters. The lowest BCUT2D eigenvalue weighted by Crippen LogP contribution is -2.11. The number of aromatic nitrogens is 3. The second-order valence-electron chi connectivity index (χ2n) is 4.56. The Kier molecular flexibility index (Phi) is 2.68. The van der Waals surface area contributed by atoms with E-state index in [1.807, 2.05) is 48.7 Å². The molecular weight excluding hydrogens is 284 g/mol. The second-order valence-corrected chi connectivity index (χ2v) is 5.59. The van der Waals surface area contributed by atoms with Crippen molar-refractivity contribution in [3.63, 3.8) is 0 Å². The first kappa shape index (κ1) is 12.0. The summed E-state index contributed by atoms with van der Waals surface area (Å²) < 4.78 is 2.75. The lowest BCUT2D eigenvalue weighted by Gasteiger charge is -2.03. The van der Waals surface area contributed by atoms with E-state index in [9.17, 15) is 4.79 Å². The number of fused-ring (bicyclic) bond motifs is 2. The summed E-state index contributed by atoms with van der Waals surface area (Å²) in [7, 11) is 0. The number of benzene rings is 1. The maximum absolute atomic E-state index is 12.3. The number of amides is 1. The van der Waals surface area contributed by atoms with Crippen molar-refractivity contribution in [2.24, 2.45) is 0 Å².